The molecule has 3 heteroatoms. The lowest BCUT2D eigenvalue weighted by Gasteiger charge is -2.15. The van der Waals surface area contributed by atoms with Crippen LogP contribution >= 0.6 is 0 Å². The van der Waals surface area contributed by atoms with Crippen molar-refractivity contribution in [3.63, 3.8) is 0 Å². The minimum absolute atomic E-state index is 0.805. The van der Waals surface area contributed by atoms with E-state index in [0.717, 1.165) is 26.1 Å². The molecule has 3 N–H and O–H groups in total. The summed E-state index contributed by atoms with van der Waals surface area (Å²) in [6.45, 7) is 7.65. The highest BCUT2D eigenvalue weighted by molar-refractivity contribution is 4.54. The normalized spacial score (nSPS) is 11.1. The minimum atomic E-state index is 0.805. The number of nitrogens with one attached hydrogen (secondary N) is 1. The largest absolute Gasteiger partial charge is 0.330 e. The molecule has 0 unspecified atom stereocenters. The molecular weight excluding hydrogens is 174 g/mol. The fourth-order valence-corrected chi connectivity index (χ4v) is 1.37. The molecule has 3 nitrogen and oxygen atoms in total. The van der Waals surface area contributed by atoms with Gasteiger partial charge in [0.25, 0.3) is 0 Å². The quantitative estimate of drug-likeness (QED) is 0.519. The van der Waals surface area contributed by atoms with Gasteiger partial charge in [-0.15, -0.1) is 0 Å². The Labute approximate surface area is 89.0 Å². The van der Waals surface area contributed by atoms with Gasteiger partial charge in [0.1, 0.15) is 0 Å². The van der Waals surface area contributed by atoms with Crippen LogP contribution in [0.5, 0.6) is 0 Å². The van der Waals surface area contributed by atoms with E-state index < -0.39 is 0 Å². The van der Waals surface area contributed by atoms with Crippen molar-refractivity contribution in [1.29, 1.82) is 0 Å². The zero-order valence-electron chi connectivity index (χ0n) is 9.89. The van der Waals surface area contributed by atoms with Gasteiger partial charge in [-0.3, -0.25) is 0 Å². The molecule has 0 bridgehead atoms. The summed E-state index contributed by atoms with van der Waals surface area (Å²) in [5.74, 6) is 0. The van der Waals surface area contributed by atoms with Gasteiger partial charge in [0.15, 0.2) is 0 Å². The van der Waals surface area contributed by atoms with Crippen LogP contribution in [0, 0.1) is 0 Å². The molecule has 0 saturated carbocycles. The van der Waals surface area contributed by atoms with Crippen molar-refractivity contribution in [2.45, 2.75) is 32.6 Å². The first-order valence-corrected chi connectivity index (χ1v) is 5.90. The molecule has 0 rings (SSSR count). The van der Waals surface area contributed by atoms with E-state index in [1.807, 2.05) is 0 Å². The predicted molar refractivity (Wildman–Crippen MR) is 63.6 cm³/mol. The Morgan fingerprint density at radius 1 is 1.07 bits per heavy atom. The fourth-order valence-electron chi connectivity index (χ4n) is 1.37. The summed E-state index contributed by atoms with van der Waals surface area (Å²) in [6.07, 6.45) is 4.93. The first-order chi connectivity index (χ1) is 6.81. The van der Waals surface area contributed by atoms with Gasteiger partial charge in [-0.1, -0.05) is 13.3 Å². The molecule has 0 aromatic rings. The van der Waals surface area contributed by atoms with Crippen LogP contribution in [-0.2, 0) is 0 Å². The molecule has 0 aliphatic carbocycles. The smallest absolute Gasteiger partial charge is 0.000968 e. The molecule has 86 valence electrons. The van der Waals surface area contributed by atoms with Crippen LogP contribution in [0.2, 0.25) is 0 Å². The summed E-state index contributed by atoms with van der Waals surface area (Å²) in [7, 11) is 2.17. The van der Waals surface area contributed by atoms with Gasteiger partial charge in [0, 0.05) is 0 Å². The second kappa shape index (κ2) is 11.0. The van der Waals surface area contributed by atoms with Gasteiger partial charge in [0.2, 0.25) is 0 Å². The van der Waals surface area contributed by atoms with Crippen molar-refractivity contribution in [1.82, 2.24) is 10.2 Å². The van der Waals surface area contributed by atoms with Crippen LogP contribution in [0.15, 0.2) is 0 Å². The molecule has 0 spiro atoms. The lowest BCUT2D eigenvalue weighted by molar-refractivity contribution is 0.324. The number of hydrogen-bond acceptors (Lipinski definition) is 3. The summed E-state index contributed by atoms with van der Waals surface area (Å²) in [6, 6.07) is 0. The maximum Gasteiger partial charge on any atom is -0.000968 e. The summed E-state index contributed by atoms with van der Waals surface area (Å²) in [4.78, 5) is 2.36. The van der Waals surface area contributed by atoms with Crippen LogP contribution in [0.3, 0.4) is 0 Å². The van der Waals surface area contributed by atoms with E-state index in [4.69, 9.17) is 5.73 Å². The third-order valence-corrected chi connectivity index (χ3v) is 2.34. The Morgan fingerprint density at radius 3 is 2.36 bits per heavy atom. The van der Waals surface area contributed by atoms with Crippen LogP contribution in [-0.4, -0.2) is 44.7 Å². The Morgan fingerprint density at radius 2 is 1.71 bits per heavy atom. The van der Waals surface area contributed by atoms with Crippen LogP contribution < -0.4 is 11.1 Å². The Kier molecular flexibility index (Phi) is 10.9. The molecule has 0 radical (unpaired) electrons. The van der Waals surface area contributed by atoms with E-state index >= 15 is 0 Å². The molecule has 0 fully saturated rings. The Balaban J connectivity index is 3.02. The van der Waals surface area contributed by atoms with E-state index in [0.29, 0.717) is 0 Å². The zero-order chi connectivity index (χ0) is 10.6. The second-order valence-electron chi connectivity index (χ2n) is 3.90. The van der Waals surface area contributed by atoms with E-state index in [1.54, 1.807) is 0 Å². The predicted octanol–water partition coefficient (Wildman–Crippen LogP) is 1.05. The van der Waals surface area contributed by atoms with Crippen LogP contribution in [0.1, 0.15) is 32.6 Å². The molecule has 0 heterocycles. The first kappa shape index (κ1) is 13.9. The monoisotopic (exact) mass is 201 g/mol. The van der Waals surface area contributed by atoms with Crippen molar-refractivity contribution >= 4 is 0 Å². The SMILES string of the molecule is CCCCNCCCN(C)CCCN. The highest BCUT2D eigenvalue weighted by Gasteiger charge is 1.96. The second-order valence-corrected chi connectivity index (χ2v) is 3.90. The maximum absolute atomic E-state index is 5.45. The van der Waals surface area contributed by atoms with Crippen molar-refractivity contribution in [3.8, 4) is 0 Å². The van der Waals surface area contributed by atoms with Crippen molar-refractivity contribution in [2.24, 2.45) is 5.73 Å². The molecule has 14 heavy (non-hydrogen) atoms. The number of unbranched alkanes of at least 4 members (excludes halogenated alkanes) is 1. The standard InChI is InChI=1S/C11H27N3/c1-3-4-8-13-9-6-11-14(2)10-5-7-12/h13H,3-12H2,1-2H3. The topological polar surface area (TPSA) is 41.3 Å². The minimum Gasteiger partial charge on any atom is -0.330 e. The zero-order valence-corrected chi connectivity index (χ0v) is 9.89. The highest BCUT2D eigenvalue weighted by Crippen LogP contribution is 1.89. The number of rotatable bonds is 10. The Hall–Kier alpha value is -0.120. The van der Waals surface area contributed by atoms with E-state index in [1.165, 1.54) is 32.4 Å². The van der Waals surface area contributed by atoms with Gasteiger partial charge >= 0.3 is 0 Å². The summed E-state index contributed by atoms with van der Waals surface area (Å²) in [5, 5.41) is 3.45. The molecule has 0 saturated heterocycles. The lowest BCUT2D eigenvalue weighted by atomic mass is 10.3. The summed E-state index contributed by atoms with van der Waals surface area (Å²) >= 11 is 0. The van der Waals surface area contributed by atoms with Gasteiger partial charge in [-0.25, -0.2) is 0 Å². The van der Waals surface area contributed by atoms with Gasteiger partial charge in [-0.2, -0.15) is 0 Å². The molecule has 0 aliphatic rings. The number of nitrogens with zero attached hydrogens (tertiary/aromatic N) is 1. The van der Waals surface area contributed by atoms with Crippen molar-refractivity contribution in [3.05, 3.63) is 0 Å². The van der Waals surface area contributed by atoms with E-state index in [-0.39, 0.29) is 0 Å². The summed E-state index contributed by atoms with van der Waals surface area (Å²) < 4.78 is 0. The van der Waals surface area contributed by atoms with Crippen LogP contribution in [0.25, 0.3) is 0 Å². The van der Waals surface area contributed by atoms with E-state index in [2.05, 4.69) is 24.2 Å². The van der Waals surface area contributed by atoms with Crippen molar-refractivity contribution in [2.75, 3.05) is 39.8 Å². The average Bonchev–Trinajstić information content (AvgIpc) is 2.20. The third kappa shape index (κ3) is 9.96. The van der Waals surface area contributed by atoms with Crippen LogP contribution in [0.4, 0.5) is 0 Å². The average molecular weight is 201 g/mol. The maximum atomic E-state index is 5.45. The van der Waals surface area contributed by atoms with Gasteiger partial charge < -0.3 is 16.0 Å². The molecule has 0 atom stereocenters. The van der Waals surface area contributed by atoms with Gasteiger partial charge in [0.05, 0.1) is 0 Å². The fraction of sp³-hybridized carbons (Fsp3) is 1.00. The molecule has 0 aromatic heterocycles. The number of hydrogen-bond donors (Lipinski definition) is 2. The summed E-state index contributed by atoms with van der Waals surface area (Å²) in [5.41, 5.74) is 5.45. The molecule has 0 amide bonds. The molecule has 0 aromatic carbocycles. The van der Waals surface area contributed by atoms with E-state index in [9.17, 15) is 0 Å². The Bertz CT molecular complexity index is 107. The van der Waals surface area contributed by atoms with Gasteiger partial charge in [-0.05, 0) is 59.0 Å². The lowest BCUT2D eigenvalue weighted by Crippen LogP contribution is -2.26. The highest BCUT2D eigenvalue weighted by atomic mass is 15.1. The third-order valence-electron chi connectivity index (χ3n) is 2.34. The van der Waals surface area contributed by atoms with Crippen molar-refractivity contribution < 1.29 is 0 Å². The molecular formula is C11H27N3. The number of nitrogens with two attached hydrogens (primary N) is 1. The first-order valence-electron chi connectivity index (χ1n) is 5.90. The molecule has 0 aliphatic heterocycles.